The Morgan fingerprint density at radius 1 is 0.935 bits per heavy atom. The summed E-state index contributed by atoms with van der Waals surface area (Å²) in [5, 5.41) is 9.88. The molecule has 31 heavy (non-hydrogen) atoms. The molecule has 4 rings (SSSR count). The van der Waals surface area contributed by atoms with Gasteiger partial charge in [0, 0.05) is 37.4 Å². The molecule has 2 aromatic carbocycles. The van der Waals surface area contributed by atoms with Gasteiger partial charge in [-0.2, -0.15) is 0 Å². The number of benzene rings is 2. The summed E-state index contributed by atoms with van der Waals surface area (Å²) in [7, 11) is 0. The first kappa shape index (κ1) is 21.6. The zero-order chi connectivity index (χ0) is 21.3. The van der Waals surface area contributed by atoms with Crippen LogP contribution in [0.1, 0.15) is 30.7 Å². The second kappa shape index (κ2) is 11.1. The van der Waals surface area contributed by atoms with Gasteiger partial charge in [0.25, 0.3) is 0 Å². The van der Waals surface area contributed by atoms with Crippen LogP contribution in [0.2, 0.25) is 0 Å². The molecule has 1 aliphatic rings. The lowest BCUT2D eigenvalue weighted by molar-refractivity contribution is -0.135. The molecule has 1 saturated heterocycles. The summed E-state index contributed by atoms with van der Waals surface area (Å²) >= 11 is 1.70. The molecular weight excluding hydrogens is 408 g/mol. The molecule has 3 aromatic rings. The van der Waals surface area contributed by atoms with Gasteiger partial charge >= 0.3 is 0 Å². The van der Waals surface area contributed by atoms with E-state index in [1.165, 1.54) is 5.56 Å². The number of morpholine rings is 1. The minimum Gasteiger partial charge on any atom is -0.378 e. The number of ether oxygens (including phenoxy) is 1. The van der Waals surface area contributed by atoms with Gasteiger partial charge in [0.1, 0.15) is 5.82 Å². The van der Waals surface area contributed by atoms with Crippen molar-refractivity contribution in [3.8, 4) is 5.69 Å². The molecule has 1 fully saturated rings. The van der Waals surface area contributed by atoms with Crippen LogP contribution < -0.4 is 0 Å². The molecule has 0 aliphatic carbocycles. The summed E-state index contributed by atoms with van der Waals surface area (Å²) in [6, 6.07) is 20.6. The summed E-state index contributed by atoms with van der Waals surface area (Å²) in [5.41, 5.74) is 2.29. The molecular formula is C24H28N4O2S. The van der Waals surface area contributed by atoms with Crippen molar-refractivity contribution in [1.82, 2.24) is 19.7 Å². The highest BCUT2D eigenvalue weighted by Crippen LogP contribution is 2.24. The van der Waals surface area contributed by atoms with Crippen LogP contribution in [0.25, 0.3) is 5.69 Å². The maximum absolute atomic E-state index is 12.3. The minimum atomic E-state index is 0.242. The molecule has 1 aliphatic heterocycles. The maximum Gasteiger partial charge on any atom is 0.222 e. The van der Waals surface area contributed by atoms with Gasteiger partial charge in [-0.15, -0.1) is 10.2 Å². The average Bonchev–Trinajstić information content (AvgIpc) is 3.22. The number of rotatable bonds is 9. The molecule has 0 N–H and O–H groups in total. The van der Waals surface area contributed by atoms with Crippen LogP contribution in [0.5, 0.6) is 0 Å². The van der Waals surface area contributed by atoms with Crippen LogP contribution >= 0.6 is 11.8 Å². The SMILES string of the molecule is O=C(CCCCSc1nnc(Cc2ccccc2)n1-c1ccccc1)N1CCOCC1. The van der Waals surface area contributed by atoms with Gasteiger partial charge in [-0.05, 0) is 30.5 Å². The smallest absolute Gasteiger partial charge is 0.222 e. The minimum absolute atomic E-state index is 0.242. The quantitative estimate of drug-likeness (QED) is 0.375. The van der Waals surface area contributed by atoms with Crippen LogP contribution in [-0.4, -0.2) is 57.6 Å². The Bertz CT molecular complexity index is 956. The molecule has 1 amide bonds. The summed E-state index contributed by atoms with van der Waals surface area (Å²) in [5.74, 6) is 2.08. The van der Waals surface area contributed by atoms with E-state index in [0.29, 0.717) is 19.6 Å². The van der Waals surface area contributed by atoms with Crippen LogP contribution in [0.15, 0.2) is 65.8 Å². The molecule has 0 unspecified atom stereocenters. The highest BCUT2D eigenvalue weighted by molar-refractivity contribution is 7.99. The summed E-state index contributed by atoms with van der Waals surface area (Å²) in [6.07, 6.45) is 3.19. The Hall–Kier alpha value is -2.64. The second-order valence-electron chi connectivity index (χ2n) is 7.53. The Kier molecular flexibility index (Phi) is 7.74. The van der Waals surface area contributed by atoms with Gasteiger partial charge in [-0.1, -0.05) is 60.3 Å². The molecule has 0 saturated carbocycles. The monoisotopic (exact) mass is 436 g/mol. The Morgan fingerprint density at radius 3 is 2.39 bits per heavy atom. The first-order valence-electron chi connectivity index (χ1n) is 10.8. The molecule has 0 radical (unpaired) electrons. The molecule has 2 heterocycles. The number of thioether (sulfide) groups is 1. The van der Waals surface area contributed by atoms with Crippen molar-refractivity contribution in [2.45, 2.75) is 30.8 Å². The van der Waals surface area contributed by atoms with Crippen molar-refractivity contribution in [3.05, 3.63) is 72.1 Å². The lowest BCUT2D eigenvalue weighted by atomic mass is 10.1. The van der Waals surface area contributed by atoms with Gasteiger partial charge in [-0.3, -0.25) is 9.36 Å². The third-order valence-electron chi connectivity index (χ3n) is 5.30. The van der Waals surface area contributed by atoms with E-state index in [1.54, 1.807) is 11.8 Å². The Morgan fingerprint density at radius 2 is 1.65 bits per heavy atom. The number of aromatic nitrogens is 3. The lowest BCUT2D eigenvalue weighted by Crippen LogP contribution is -2.40. The second-order valence-corrected chi connectivity index (χ2v) is 8.59. The van der Waals surface area contributed by atoms with Crippen LogP contribution in [0, 0.1) is 0 Å². The Labute approximate surface area is 187 Å². The van der Waals surface area contributed by atoms with E-state index >= 15 is 0 Å². The van der Waals surface area contributed by atoms with E-state index < -0.39 is 0 Å². The maximum atomic E-state index is 12.3. The summed E-state index contributed by atoms with van der Waals surface area (Å²) < 4.78 is 7.47. The summed E-state index contributed by atoms with van der Waals surface area (Å²) in [6.45, 7) is 2.75. The van der Waals surface area contributed by atoms with E-state index in [1.807, 2.05) is 41.3 Å². The van der Waals surface area contributed by atoms with E-state index in [2.05, 4.69) is 39.0 Å². The fourth-order valence-electron chi connectivity index (χ4n) is 3.64. The van der Waals surface area contributed by atoms with Crippen LogP contribution in [-0.2, 0) is 16.0 Å². The third-order valence-corrected chi connectivity index (χ3v) is 6.31. The van der Waals surface area contributed by atoms with Crippen molar-refractivity contribution >= 4 is 17.7 Å². The fraction of sp³-hybridized carbons (Fsp3) is 0.375. The summed E-state index contributed by atoms with van der Waals surface area (Å²) in [4.78, 5) is 14.2. The molecule has 0 spiro atoms. The zero-order valence-electron chi connectivity index (χ0n) is 17.7. The van der Waals surface area contributed by atoms with E-state index in [-0.39, 0.29) is 5.91 Å². The van der Waals surface area contributed by atoms with Gasteiger partial charge < -0.3 is 9.64 Å². The molecule has 0 atom stereocenters. The van der Waals surface area contributed by atoms with Gasteiger partial charge in [0.15, 0.2) is 5.16 Å². The van der Waals surface area contributed by atoms with E-state index in [9.17, 15) is 4.79 Å². The predicted octanol–water partition coefficient (Wildman–Crippen LogP) is 3.98. The molecule has 0 bridgehead atoms. The van der Waals surface area contributed by atoms with Crippen molar-refractivity contribution in [2.75, 3.05) is 32.1 Å². The van der Waals surface area contributed by atoms with Gasteiger partial charge in [0.2, 0.25) is 5.91 Å². The van der Waals surface area contributed by atoms with Crippen molar-refractivity contribution in [2.24, 2.45) is 0 Å². The number of carbonyl (C=O) groups excluding carboxylic acids is 1. The number of nitrogens with zero attached hydrogens (tertiary/aromatic N) is 4. The van der Waals surface area contributed by atoms with Crippen LogP contribution in [0.4, 0.5) is 0 Å². The number of unbranched alkanes of at least 4 members (excludes halogenated alkanes) is 1. The van der Waals surface area contributed by atoms with Gasteiger partial charge in [0.05, 0.1) is 13.2 Å². The average molecular weight is 437 g/mol. The standard InChI is InChI=1S/C24H28N4O2S/c29-23(27-14-16-30-17-15-27)13-7-8-18-31-24-26-25-22(19-20-9-3-1-4-10-20)28(24)21-11-5-2-6-12-21/h1-6,9-12H,7-8,13-19H2. The third kappa shape index (κ3) is 5.95. The zero-order valence-corrected chi connectivity index (χ0v) is 18.5. The van der Waals surface area contributed by atoms with Gasteiger partial charge in [-0.25, -0.2) is 0 Å². The molecule has 1 aromatic heterocycles. The number of hydrogen-bond acceptors (Lipinski definition) is 5. The Balaban J connectivity index is 1.36. The number of carbonyl (C=O) groups is 1. The number of amides is 1. The number of para-hydroxylation sites is 1. The first-order valence-corrected chi connectivity index (χ1v) is 11.8. The van der Waals surface area contributed by atoms with Crippen LogP contribution in [0.3, 0.4) is 0 Å². The van der Waals surface area contributed by atoms with E-state index in [0.717, 1.165) is 54.8 Å². The fourth-order valence-corrected chi connectivity index (χ4v) is 4.61. The normalized spacial score (nSPS) is 14.0. The largest absolute Gasteiger partial charge is 0.378 e. The highest BCUT2D eigenvalue weighted by atomic mass is 32.2. The van der Waals surface area contributed by atoms with Crippen molar-refractivity contribution in [1.29, 1.82) is 0 Å². The number of hydrogen-bond donors (Lipinski definition) is 0. The molecule has 7 heteroatoms. The highest BCUT2D eigenvalue weighted by Gasteiger charge is 2.17. The first-order chi connectivity index (χ1) is 15.3. The molecule has 6 nitrogen and oxygen atoms in total. The topological polar surface area (TPSA) is 60.2 Å². The molecule has 162 valence electrons. The van der Waals surface area contributed by atoms with E-state index in [4.69, 9.17) is 4.74 Å². The van der Waals surface area contributed by atoms with Crippen molar-refractivity contribution in [3.63, 3.8) is 0 Å². The predicted molar refractivity (Wildman–Crippen MR) is 123 cm³/mol. The van der Waals surface area contributed by atoms with Crippen molar-refractivity contribution < 1.29 is 9.53 Å². The lowest BCUT2D eigenvalue weighted by Gasteiger charge is -2.26.